The monoisotopic (exact) mass is 190 g/mol. The van der Waals surface area contributed by atoms with E-state index in [1.165, 1.54) is 24.8 Å². The first-order chi connectivity index (χ1) is 6.81. The van der Waals surface area contributed by atoms with Gasteiger partial charge in [-0.25, -0.2) is 0 Å². The Kier molecular flexibility index (Phi) is 2.82. The van der Waals surface area contributed by atoms with Crippen LogP contribution in [0, 0.1) is 12.8 Å². The number of nitrogens with one attached hydrogen (secondary N) is 1. The third-order valence-corrected chi connectivity index (χ3v) is 3.23. The smallest absolute Gasteiger partial charge is 0.0372 e. The van der Waals surface area contributed by atoms with E-state index in [1.54, 1.807) is 0 Å². The Bertz CT molecular complexity index is 288. The summed E-state index contributed by atoms with van der Waals surface area (Å²) in [6.07, 6.45) is 6.12. The van der Waals surface area contributed by atoms with Gasteiger partial charge in [0.2, 0.25) is 0 Å². The molecule has 1 aliphatic rings. The van der Waals surface area contributed by atoms with E-state index >= 15 is 0 Å². The number of rotatable bonds is 3. The molecule has 0 amide bonds. The van der Waals surface area contributed by atoms with Gasteiger partial charge in [-0.1, -0.05) is 12.5 Å². The van der Waals surface area contributed by atoms with Crippen LogP contribution in [0.25, 0.3) is 0 Å². The van der Waals surface area contributed by atoms with Gasteiger partial charge < -0.3 is 5.32 Å². The maximum Gasteiger partial charge on any atom is 0.0372 e. The van der Waals surface area contributed by atoms with Crippen molar-refractivity contribution in [1.29, 1.82) is 0 Å². The molecule has 1 fully saturated rings. The van der Waals surface area contributed by atoms with Crippen LogP contribution in [0.5, 0.6) is 0 Å². The normalized spacial score (nSPS) is 19.0. The fourth-order valence-corrected chi connectivity index (χ4v) is 2.11. The Balaban J connectivity index is 2.14. The van der Waals surface area contributed by atoms with Gasteiger partial charge in [0.1, 0.15) is 0 Å². The highest BCUT2D eigenvalue weighted by Gasteiger charge is 2.27. The highest BCUT2D eigenvalue weighted by Crippen LogP contribution is 2.37. The van der Waals surface area contributed by atoms with Gasteiger partial charge in [0.15, 0.2) is 0 Å². The van der Waals surface area contributed by atoms with Gasteiger partial charge in [-0.3, -0.25) is 4.98 Å². The fourth-order valence-electron chi connectivity index (χ4n) is 2.11. The molecule has 1 N–H and O–H groups in total. The predicted molar refractivity (Wildman–Crippen MR) is 58.1 cm³/mol. The first-order valence-electron chi connectivity index (χ1n) is 5.41. The molecule has 0 saturated heterocycles. The van der Waals surface area contributed by atoms with Crippen molar-refractivity contribution in [1.82, 2.24) is 10.3 Å². The number of nitrogens with zero attached hydrogens (tertiary/aromatic N) is 1. The van der Waals surface area contributed by atoms with Crippen LogP contribution in [0.3, 0.4) is 0 Å². The van der Waals surface area contributed by atoms with Crippen molar-refractivity contribution in [3.63, 3.8) is 0 Å². The van der Waals surface area contributed by atoms with E-state index in [0.717, 1.165) is 11.6 Å². The van der Waals surface area contributed by atoms with Crippen LogP contribution in [-0.4, -0.2) is 12.0 Å². The lowest BCUT2D eigenvalue weighted by Crippen LogP contribution is -2.29. The molecule has 1 heterocycles. The molecule has 76 valence electrons. The van der Waals surface area contributed by atoms with Crippen molar-refractivity contribution in [2.75, 3.05) is 7.05 Å². The first-order valence-corrected chi connectivity index (χ1v) is 5.41. The average molecular weight is 190 g/mol. The lowest BCUT2D eigenvalue weighted by molar-refractivity contribution is 0.239. The van der Waals surface area contributed by atoms with Crippen molar-refractivity contribution in [3.8, 4) is 0 Å². The zero-order valence-corrected chi connectivity index (χ0v) is 8.96. The van der Waals surface area contributed by atoms with E-state index in [-0.39, 0.29) is 0 Å². The van der Waals surface area contributed by atoms with Crippen LogP contribution in [0.1, 0.15) is 36.6 Å². The summed E-state index contributed by atoms with van der Waals surface area (Å²) in [6.45, 7) is 2.03. The van der Waals surface area contributed by atoms with Crippen LogP contribution in [0.4, 0.5) is 0 Å². The Morgan fingerprint density at radius 1 is 1.43 bits per heavy atom. The fraction of sp³-hybridized carbons (Fsp3) is 0.583. The second kappa shape index (κ2) is 4.09. The summed E-state index contributed by atoms with van der Waals surface area (Å²) in [7, 11) is 2.04. The maximum absolute atomic E-state index is 4.35. The van der Waals surface area contributed by atoms with Crippen molar-refractivity contribution >= 4 is 0 Å². The van der Waals surface area contributed by atoms with Crippen LogP contribution >= 0.6 is 0 Å². The van der Waals surface area contributed by atoms with Gasteiger partial charge in [0, 0.05) is 17.9 Å². The minimum absolute atomic E-state index is 0.511. The summed E-state index contributed by atoms with van der Waals surface area (Å²) >= 11 is 0. The molecule has 1 aromatic rings. The molecule has 0 aromatic carbocycles. The predicted octanol–water partition coefficient (Wildman–Crippen LogP) is 2.45. The summed E-state index contributed by atoms with van der Waals surface area (Å²) in [6, 6.07) is 4.80. The summed E-state index contributed by atoms with van der Waals surface area (Å²) in [5, 5.41) is 3.40. The van der Waals surface area contributed by atoms with Crippen molar-refractivity contribution in [3.05, 3.63) is 29.6 Å². The van der Waals surface area contributed by atoms with Crippen LogP contribution in [-0.2, 0) is 0 Å². The van der Waals surface area contributed by atoms with Crippen LogP contribution in [0.2, 0.25) is 0 Å². The largest absolute Gasteiger partial charge is 0.313 e. The van der Waals surface area contributed by atoms with E-state index in [0.29, 0.717) is 6.04 Å². The van der Waals surface area contributed by atoms with Crippen molar-refractivity contribution in [2.45, 2.75) is 32.2 Å². The zero-order chi connectivity index (χ0) is 9.97. The number of aromatic nitrogens is 1. The topological polar surface area (TPSA) is 24.9 Å². The quantitative estimate of drug-likeness (QED) is 0.792. The zero-order valence-electron chi connectivity index (χ0n) is 8.96. The van der Waals surface area contributed by atoms with Crippen molar-refractivity contribution in [2.24, 2.45) is 5.92 Å². The van der Waals surface area contributed by atoms with E-state index in [1.807, 2.05) is 20.2 Å². The molecule has 2 rings (SSSR count). The second-order valence-electron chi connectivity index (χ2n) is 4.19. The molecular weight excluding hydrogens is 172 g/mol. The molecule has 0 spiro atoms. The standard InChI is InChI=1S/C12H18N2/c1-9-6-7-11(8-14-9)12(13-2)10-4-3-5-10/h6-8,10,12-13H,3-5H2,1-2H3. The average Bonchev–Trinajstić information content (AvgIpc) is 2.13. The molecule has 0 aliphatic heterocycles. The van der Waals surface area contributed by atoms with Gasteiger partial charge >= 0.3 is 0 Å². The molecule has 1 atom stereocenters. The Morgan fingerprint density at radius 2 is 2.21 bits per heavy atom. The Labute approximate surface area is 85.7 Å². The van der Waals surface area contributed by atoms with Gasteiger partial charge in [0.25, 0.3) is 0 Å². The maximum atomic E-state index is 4.35. The lowest BCUT2D eigenvalue weighted by Gasteiger charge is -2.33. The van der Waals surface area contributed by atoms with Gasteiger partial charge in [-0.05, 0) is 44.4 Å². The molecule has 1 unspecified atom stereocenters. The third-order valence-electron chi connectivity index (χ3n) is 3.23. The lowest BCUT2D eigenvalue weighted by atomic mass is 9.77. The summed E-state index contributed by atoms with van der Waals surface area (Å²) < 4.78 is 0. The number of hydrogen-bond acceptors (Lipinski definition) is 2. The summed E-state index contributed by atoms with van der Waals surface area (Å²) in [5.41, 5.74) is 2.43. The van der Waals surface area contributed by atoms with E-state index in [9.17, 15) is 0 Å². The SMILES string of the molecule is CNC(c1ccc(C)nc1)C1CCC1. The summed E-state index contributed by atoms with van der Waals surface area (Å²) in [4.78, 5) is 4.35. The number of pyridine rings is 1. The number of hydrogen-bond donors (Lipinski definition) is 1. The summed E-state index contributed by atoms with van der Waals surface area (Å²) in [5.74, 6) is 0.824. The molecular formula is C12H18N2. The molecule has 0 radical (unpaired) electrons. The molecule has 0 bridgehead atoms. The van der Waals surface area contributed by atoms with Crippen LogP contribution < -0.4 is 5.32 Å². The van der Waals surface area contributed by atoms with Gasteiger partial charge in [0.05, 0.1) is 0 Å². The van der Waals surface area contributed by atoms with E-state index < -0.39 is 0 Å². The molecule has 14 heavy (non-hydrogen) atoms. The minimum atomic E-state index is 0.511. The molecule has 1 aromatic heterocycles. The molecule has 2 heteroatoms. The molecule has 2 nitrogen and oxygen atoms in total. The highest BCUT2D eigenvalue weighted by atomic mass is 14.9. The van der Waals surface area contributed by atoms with E-state index in [4.69, 9.17) is 0 Å². The second-order valence-corrected chi connectivity index (χ2v) is 4.19. The molecule has 1 aliphatic carbocycles. The van der Waals surface area contributed by atoms with Crippen molar-refractivity contribution < 1.29 is 0 Å². The first kappa shape index (κ1) is 9.66. The molecule has 1 saturated carbocycles. The Hall–Kier alpha value is -0.890. The minimum Gasteiger partial charge on any atom is -0.313 e. The highest BCUT2D eigenvalue weighted by molar-refractivity contribution is 5.18. The Morgan fingerprint density at radius 3 is 2.64 bits per heavy atom. The van der Waals surface area contributed by atoms with Crippen LogP contribution in [0.15, 0.2) is 18.3 Å². The number of aryl methyl sites for hydroxylation is 1. The van der Waals surface area contributed by atoms with Gasteiger partial charge in [-0.2, -0.15) is 0 Å². The van der Waals surface area contributed by atoms with Gasteiger partial charge in [-0.15, -0.1) is 0 Å². The van der Waals surface area contributed by atoms with E-state index in [2.05, 4.69) is 22.4 Å². The third kappa shape index (κ3) is 1.80.